The summed E-state index contributed by atoms with van der Waals surface area (Å²) in [7, 11) is 0. The van der Waals surface area contributed by atoms with E-state index in [1.54, 1.807) is 0 Å². The predicted molar refractivity (Wildman–Crippen MR) is 126 cm³/mol. The first kappa shape index (κ1) is 24.9. The topological polar surface area (TPSA) is 87.2 Å². The highest BCUT2D eigenvalue weighted by molar-refractivity contribution is 7.15. The van der Waals surface area contributed by atoms with Crippen LogP contribution in [0.3, 0.4) is 0 Å². The number of likely N-dealkylation sites (tertiary alicyclic amines) is 1. The van der Waals surface area contributed by atoms with E-state index in [1.165, 1.54) is 24.2 Å². The third-order valence-corrected chi connectivity index (χ3v) is 5.81. The average Bonchev–Trinajstić information content (AvgIpc) is 3.46. The van der Waals surface area contributed by atoms with E-state index in [-0.39, 0.29) is 11.8 Å². The maximum absolute atomic E-state index is 12.1. The molecule has 2 N–H and O–H groups in total. The van der Waals surface area contributed by atoms with Gasteiger partial charge in [0.2, 0.25) is 16.9 Å². The smallest absolute Gasteiger partial charge is 0.230 e. The molecular formula is C23H35N5O2S. The molecule has 2 aromatic rings. The molecule has 1 saturated heterocycles. The van der Waals surface area contributed by atoms with Gasteiger partial charge in [-0.1, -0.05) is 55.5 Å². The largest absolute Gasteiger partial charge is 0.355 e. The molecule has 1 aliphatic rings. The molecule has 0 radical (unpaired) electrons. The number of aryl methyl sites for hydroxylation is 1. The minimum absolute atomic E-state index is 0.0931. The van der Waals surface area contributed by atoms with E-state index < -0.39 is 0 Å². The summed E-state index contributed by atoms with van der Waals surface area (Å²) in [6.45, 7) is 8.01. The minimum Gasteiger partial charge on any atom is -0.355 e. The van der Waals surface area contributed by atoms with Crippen molar-refractivity contribution in [2.45, 2.75) is 58.8 Å². The Bertz CT molecular complexity index is 775. The zero-order chi connectivity index (χ0) is 22.3. The molecule has 170 valence electrons. The molecule has 3 rings (SSSR count). The van der Waals surface area contributed by atoms with E-state index in [9.17, 15) is 9.59 Å². The van der Waals surface area contributed by atoms with Crippen molar-refractivity contribution in [3.63, 3.8) is 0 Å². The number of benzene rings is 1. The molecule has 0 spiro atoms. The van der Waals surface area contributed by atoms with Crippen molar-refractivity contribution >= 4 is 28.3 Å². The minimum atomic E-state index is -0.0931. The van der Waals surface area contributed by atoms with E-state index in [0.717, 1.165) is 56.0 Å². The number of nitrogens with one attached hydrogen (secondary N) is 2. The number of carbonyl (C=O) groups excluding carboxylic acids is 2. The summed E-state index contributed by atoms with van der Waals surface area (Å²) in [5, 5.41) is 15.4. The second-order valence-corrected chi connectivity index (χ2v) is 8.38. The number of unbranched alkanes of at least 4 members (excludes halogenated alkanes) is 1. The molecule has 2 heterocycles. The molecule has 0 aliphatic carbocycles. The Morgan fingerprint density at radius 1 is 1.03 bits per heavy atom. The lowest BCUT2D eigenvalue weighted by Gasteiger charge is -2.14. The Morgan fingerprint density at radius 2 is 1.77 bits per heavy atom. The fraction of sp³-hybridized carbons (Fsp3) is 0.565. The Balaban J connectivity index is 0.00000166. The van der Waals surface area contributed by atoms with Gasteiger partial charge in [-0.25, -0.2) is 0 Å². The second kappa shape index (κ2) is 14.6. The highest BCUT2D eigenvalue weighted by Gasteiger charge is 2.11. The van der Waals surface area contributed by atoms with Crippen LogP contribution in [0.1, 0.15) is 56.5 Å². The molecule has 31 heavy (non-hydrogen) atoms. The van der Waals surface area contributed by atoms with Crippen molar-refractivity contribution in [1.29, 1.82) is 0 Å². The lowest BCUT2D eigenvalue weighted by atomic mass is 10.1. The van der Waals surface area contributed by atoms with Gasteiger partial charge >= 0.3 is 0 Å². The monoisotopic (exact) mass is 445 g/mol. The summed E-state index contributed by atoms with van der Waals surface area (Å²) in [6.07, 6.45) is 5.89. The summed E-state index contributed by atoms with van der Waals surface area (Å²) < 4.78 is 0. The van der Waals surface area contributed by atoms with Crippen molar-refractivity contribution in [3.8, 4) is 0 Å². The summed E-state index contributed by atoms with van der Waals surface area (Å²) >= 11 is 1.40. The highest BCUT2D eigenvalue weighted by atomic mass is 32.1. The number of anilines is 1. The lowest BCUT2D eigenvalue weighted by molar-refractivity contribution is -0.121. The predicted octanol–water partition coefficient (Wildman–Crippen LogP) is 3.67. The van der Waals surface area contributed by atoms with Gasteiger partial charge in [-0.3, -0.25) is 9.59 Å². The molecule has 1 fully saturated rings. The lowest BCUT2D eigenvalue weighted by Crippen LogP contribution is -2.33. The fourth-order valence-electron chi connectivity index (χ4n) is 3.36. The van der Waals surface area contributed by atoms with Crippen LogP contribution in [-0.4, -0.2) is 53.1 Å². The first-order valence-corrected chi connectivity index (χ1v) is 12.2. The van der Waals surface area contributed by atoms with Gasteiger partial charge in [0.1, 0.15) is 5.01 Å². The second-order valence-electron chi connectivity index (χ2n) is 7.32. The SMILES string of the molecule is CC.O=C(CCCCc1nnc(NC(=O)Cc2ccccc2)s1)NCCN1CCCC1. The number of hydrogen-bond donors (Lipinski definition) is 2. The molecule has 0 unspecified atom stereocenters. The maximum atomic E-state index is 12.1. The van der Waals surface area contributed by atoms with Crippen molar-refractivity contribution in [2.75, 3.05) is 31.5 Å². The number of hydrogen-bond acceptors (Lipinski definition) is 6. The molecule has 8 heteroatoms. The van der Waals surface area contributed by atoms with Crippen molar-refractivity contribution in [2.24, 2.45) is 0 Å². The zero-order valence-corrected chi connectivity index (χ0v) is 19.5. The first-order valence-electron chi connectivity index (χ1n) is 11.3. The zero-order valence-electron chi connectivity index (χ0n) is 18.7. The van der Waals surface area contributed by atoms with E-state index in [0.29, 0.717) is 18.0 Å². The standard InChI is InChI=1S/C21H29N5O2S.C2H6/c27-18(22-12-15-26-13-6-7-14-26)10-4-5-11-20-24-25-21(29-20)23-19(28)16-17-8-2-1-3-9-17;1-2/h1-3,8-9H,4-7,10-16H2,(H,22,27)(H,23,25,28);1-2H3. The van der Waals surface area contributed by atoms with Crippen LogP contribution in [0.25, 0.3) is 0 Å². The number of aromatic nitrogens is 2. The van der Waals surface area contributed by atoms with Gasteiger partial charge in [-0.15, -0.1) is 10.2 Å². The quantitative estimate of drug-likeness (QED) is 0.515. The molecule has 0 atom stereocenters. The number of nitrogens with zero attached hydrogens (tertiary/aromatic N) is 3. The molecule has 0 bridgehead atoms. The van der Waals surface area contributed by atoms with E-state index in [1.807, 2.05) is 44.2 Å². The van der Waals surface area contributed by atoms with Gasteiger partial charge in [0.15, 0.2) is 0 Å². The maximum Gasteiger partial charge on any atom is 0.230 e. The molecular weight excluding hydrogens is 410 g/mol. The molecule has 0 saturated carbocycles. The number of amides is 2. The van der Waals surface area contributed by atoms with Crippen LogP contribution in [0.2, 0.25) is 0 Å². The van der Waals surface area contributed by atoms with Gasteiger partial charge < -0.3 is 15.5 Å². The van der Waals surface area contributed by atoms with Crippen LogP contribution >= 0.6 is 11.3 Å². The van der Waals surface area contributed by atoms with E-state index >= 15 is 0 Å². The highest BCUT2D eigenvalue weighted by Crippen LogP contribution is 2.18. The fourth-order valence-corrected chi connectivity index (χ4v) is 4.16. The summed E-state index contributed by atoms with van der Waals surface area (Å²) in [6, 6.07) is 9.61. The van der Waals surface area contributed by atoms with Gasteiger partial charge in [0.25, 0.3) is 0 Å². The number of rotatable bonds is 11. The molecule has 1 aromatic heterocycles. The average molecular weight is 446 g/mol. The third kappa shape index (κ3) is 10.0. The van der Waals surface area contributed by atoms with Crippen LogP contribution < -0.4 is 10.6 Å². The van der Waals surface area contributed by atoms with Crippen molar-refractivity contribution in [1.82, 2.24) is 20.4 Å². The van der Waals surface area contributed by atoms with Crippen molar-refractivity contribution < 1.29 is 9.59 Å². The van der Waals surface area contributed by atoms with Crippen molar-refractivity contribution in [3.05, 3.63) is 40.9 Å². The molecule has 1 aromatic carbocycles. The Hall–Kier alpha value is -2.32. The van der Waals surface area contributed by atoms with Gasteiger partial charge in [-0.05, 0) is 44.3 Å². The van der Waals surface area contributed by atoms with Crippen LogP contribution in [0, 0.1) is 0 Å². The van der Waals surface area contributed by atoms with Gasteiger partial charge in [-0.2, -0.15) is 0 Å². The Morgan fingerprint density at radius 3 is 2.52 bits per heavy atom. The normalized spacial score (nSPS) is 13.4. The van der Waals surface area contributed by atoms with Crippen LogP contribution in [0.4, 0.5) is 5.13 Å². The Kier molecular flexibility index (Phi) is 11.8. The van der Waals surface area contributed by atoms with Gasteiger partial charge in [0, 0.05) is 25.9 Å². The van der Waals surface area contributed by atoms with Crippen LogP contribution in [0.5, 0.6) is 0 Å². The molecule has 2 amide bonds. The van der Waals surface area contributed by atoms with Crippen LogP contribution in [0.15, 0.2) is 30.3 Å². The Labute approximate surface area is 189 Å². The molecule has 1 aliphatic heterocycles. The van der Waals surface area contributed by atoms with E-state index in [4.69, 9.17) is 0 Å². The van der Waals surface area contributed by atoms with Crippen LogP contribution in [-0.2, 0) is 22.4 Å². The summed E-state index contributed by atoms with van der Waals surface area (Å²) in [4.78, 5) is 26.4. The van der Waals surface area contributed by atoms with E-state index in [2.05, 4.69) is 25.7 Å². The first-order chi connectivity index (χ1) is 15.2. The summed E-state index contributed by atoms with van der Waals surface area (Å²) in [5.41, 5.74) is 0.966. The third-order valence-electron chi connectivity index (χ3n) is 4.91. The van der Waals surface area contributed by atoms with Gasteiger partial charge in [0.05, 0.1) is 6.42 Å². The number of carbonyl (C=O) groups is 2. The molecule has 7 nitrogen and oxygen atoms in total. The summed E-state index contributed by atoms with van der Waals surface area (Å²) in [5.74, 6) is 0.0276.